The molecule has 0 radical (unpaired) electrons. The minimum Gasteiger partial charge on any atom is -0.481 e. The molecular formula is C7H9N3O3S. The minimum atomic E-state index is -0.972. The van der Waals surface area contributed by atoms with Gasteiger partial charge in [-0.25, -0.2) is 4.98 Å². The number of hydrogen-bond donors (Lipinski definition) is 3. The molecule has 0 unspecified atom stereocenters. The molecule has 1 heterocycles. The van der Waals surface area contributed by atoms with Gasteiger partial charge in [0, 0.05) is 7.05 Å². The standard InChI is InChI=1S/C7H9N3O3S/c1-8-6-5(14-2-4(11)12)7(13)10-3-9-6/h3H,2H2,1H3,(H,11,12)(H2,8,9,10,13). The van der Waals surface area contributed by atoms with Crippen LogP contribution in [0.15, 0.2) is 16.0 Å². The highest BCUT2D eigenvalue weighted by atomic mass is 32.2. The molecule has 0 saturated carbocycles. The molecule has 0 saturated heterocycles. The summed E-state index contributed by atoms with van der Waals surface area (Å²) in [5.74, 6) is -0.746. The summed E-state index contributed by atoms with van der Waals surface area (Å²) >= 11 is 0.938. The van der Waals surface area contributed by atoms with Crippen LogP contribution in [0, 0.1) is 0 Å². The largest absolute Gasteiger partial charge is 0.481 e. The molecule has 0 amide bonds. The summed E-state index contributed by atoms with van der Waals surface area (Å²) in [6, 6.07) is 0. The summed E-state index contributed by atoms with van der Waals surface area (Å²) in [5.41, 5.74) is -0.337. The van der Waals surface area contributed by atoms with Crippen LogP contribution in [-0.2, 0) is 4.79 Å². The number of carbonyl (C=O) groups is 1. The van der Waals surface area contributed by atoms with E-state index in [-0.39, 0.29) is 16.2 Å². The number of thioether (sulfide) groups is 1. The van der Waals surface area contributed by atoms with Crippen molar-refractivity contribution in [3.8, 4) is 0 Å². The van der Waals surface area contributed by atoms with Crippen LogP contribution in [-0.4, -0.2) is 33.8 Å². The topological polar surface area (TPSA) is 95.1 Å². The molecule has 1 aromatic rings. The zero-order chi connectivity index (χ0) is 10.6. The van der Waals surface area contributed by atoms with Crippen molar-refractivity contribution in [1.82, 2.24) is 9.97 Å². The zero-order valence-corrected chi connectivity index (χ0v) is 8.22. The number of carboxylic acid groups (broad SMARTS) is 1. The number of aliphatic carboxylic acids is 1. The van der Waals surface area contributed by atoms with Crippen LogP contribution in [0.2, 0.25) is 0 Å². The predicted octanol–water partition coefficient (Wildman–Crippen LogP) is -0.0117. The number of hydrogen-bond acceptors (Lipinski definition) is 5. The number of nitrogens with zero attached hydrogens (tertiary/aromatic N) is 1. The lowest BCUT2D eigenvalue weighted by atomic mass is 10.6. The number of aromatic amines is 1. The van der Waals surface area contributed by atoms with Gasteiger partial charge in [-0.1, -0.05) is 0 Å². The van der Waals surface area contributed by atoms with E-state index in [1.165, 1.54) is 6.33 Å². The number of H-pyrrole nitrogens is 1. The average Bonchev–Trinajstić information content (AvgIpc) is 2.15. The normalized spacial score (nSPS) is 9.79. The molecule has 0 aliphatic heterocycles. The summed E-state index contributed by atoms with van der Waals surface area (Å²) in [7, 11) is 1.62. The molecular weight excluding hydrogens is 206 g/mol. The first-order valence-electron chi connectivity index (χ1n) is 3.75. The first-order valence-corrected chi connectivity index (χ1v) is 4.73. The van der Waals surface area contributed by atoms with Gasteiger partial charge in [-0.2, -0.15) is 0 Å². The average molecular weight is 215 g/mol. The lowest BCUT2D eigenvalue weighted by molar-refractivity contribution is -0.133. The molecule has 0 spiro atoms. The van der Waals surface area contributed by atoms with Crippen LogP contribution >= 0.6 is 11.8 Å². The predicted molar refractivity (Wildman–Crippen MR) is 52.8 cm³/mol. The van der Waals surface area contributed by atoms with Crippen molar-refractivity contribution in [2.24, 2.45) is 0 Å². The molecule has 6 nitrogen and oxygen atoms in total. The van der Waals surface area contributed by atoms with Gasteiger partial charge < -0.3 is 15.4 Å². The molecule has 14 heavy (non-hydrogen) atoms. The lowest BCUT2D eigenvalue weighted by Crippen LogP contribution is -2.13. The number of aromatic nitrogens is 2. The van der Waals surface area contributed by atoms with E-state index in [0.717, 1.165) is 11.8 Å². The molecule has 1 aromatic heterocycles. The second kappa shape index (κ2) is 4.66. The fraction of sp³-hybridized carbons (Fsp3) is 0.286. The maximum absolute atomic E-state index is 11.3. The fourth-order valence-electron chi connectivity index (χ4n) is 0.833. The van der Waals surface area contributed by atoms with E-state index in [9.17, 15) is 9.59 Å². The van der Waals surface area contributed by atoms with E-state index in [1.807, 2.05) is 0 Å². The van der Waals surface area contributed by atoms with Crippen LogP contribution in [0.5, 0.6) is 0 Å². The van der Waals surface area contributed by atoms with Crippen molar-refractivity contribution in [2.75, 3.05) is 18.1 Å². The zero-order valence-electron chi connectivity index (χ0n) is 7.40. The van der Waals surface area contributed by atoms with E-state index in [0.29, 0.717) is 5.82 Å². The second-order valence-electron chi connectivity index (χ2n) is 2.34. The van der Waals surface area contributed by atoms with E-state index in [2.05, 4.69) is 15.3 Å². The van der Waals surface area contributed by atoms with Gasteiger partial charge in [-0.15, -0.1) is 11.8 Å². The van der Waals surface area contributed by atoms with Gasteiger partial charge in [0.25, 0.3) is 5.56 Å². The van der Waals surface area contributed by atoms with Crippen LogP contribution < -0.4 is 10.9 Å². The molecule has 0 atom stereocenters. The van der Waals surface area contributed by atoms with Crippen molar-refractivity contribution in [2.45, 2.75) is 4.90 Å². The van der Waals surface area contributed by atoms with Gasteiger partial charge in [-0.3, -0.25) is 9.59 Å². The molecule has 3 N–H and O–H groups in total. The maximum Gasteiger partial charge on any atom is 0.313 e. The number of carboxylic acids is 1. The van der Waals surface area contributed by atoms with Gasteiger partial charge in [0.1, 0.15) is 10.7 Å². The van der Waals surface area contributed by atoms with Gasteiger partial charge in [-0.05, 0) is 0 Å². The summed E-state index contributed by atoms with van der Waals surface area (Å²) in [6.07, 6.45) is 1.26. The van der Waals surface area contributed by atoms with Crippen LogP contribution in [0.3, 0.4) is 0 Å². The van der Waals surface area contributed by atoms with Crippen LogP contribution in [0.1, 0.15) is 0 Å². The van der Waals surface area contributed by atoms with Gasteiger partial charge in [0.2, 0.25) is 0 Å². The molecule has 7 heteroatoms. The van der Waals surface area contributed by atoms with Crippen molar-refractivity contribution in [3.63, 3.8) is 0 Å². The molecule has 0 bridgehead atoms. The summed E-state index contributed by atoms with van der Waals surface area (Å²) < 4.78 is 0. The van der Waals surface area contributed by atoms with Crippen LogP contribution in [0.25, 0.3) is 0 Å². The highest BCUT2D eigenvalue weighted by Crippen LogP contribution is 2.19. The quantitative estimate of drug-likeness (QED) is 0.611. The van der Waals surface area contributed by atoms with Crippen molar-refractivity contribution >= 4 is 23.5 Å². The van der Waals surface area contributed by atoms with E-state index < -0.39 is 5.97 Å². The fourth-order valence-corrected chi connectivity index (χ4v) is 1.58. The van der Waals surface area contributed by atoms with Gasteiger partial charge in [0.05, 0.1) is 12.1 Å². The molecule has 0 aliphatic rings. The summed E-state index contributed by atoms with van der Waals surface area (Å²) in [6.45, 7) is 0. The molecule has 0 fully saturated rings. The Kier molecular flexibility index (Phi) is 3.52. The monoisotopic (exact) mass is 215 g/mol. The third-order valence-corrected chi connectivity index (χ3v) is 2.45. The Morgan fingerprint density at radius 2 is 2.50 bits per heavy atom. The van der Waals surface area contributed by atoms with Crippen molar-refractivity contribution in [1.29, 1.82) is 0 Å². The van der Waals surface area contributed by atoms with Gasteiger partial charge in [0.15, 0.2) is 0 Å². The first kappa shape index (κ1) is 10.6. The molecule has 1 rings (SSSR count). The Hall–Kier alpha value is -1.50. The minimum absolute atomic E-state index is 0.163. The van der Waals surface area contributed by atoms with E-state index in [4.69, 9.17) is 5.11 Å². The molecule has 76 valence electrons. The SMILES string of the molecule is CNc1nc[nH]c(=O)c1SCC(=O)O. The summed E-state index contributed by atoms with van der Waals surface area (Å²) in [4.78, 5) is 28.1. The number of anilines is 1. The third kappa shape index (κ3) is 2.49. The van der Waals surface area contributed by atoms with E-state index >= 15 is 0 Å². The van der Waals surface area contributed by atoms with Crippen molar-refractivity contribution < 1.29 is 9.90 Å². The summed E-state index contributed by atoms with van der Waals surface area (Å²) in [5, 5.41) is 11.2. The second-order valence-corrected chi connectivity index (χ2v) is 3.33. The van der Waals surface area contributed by atoms with Crippen molar-refractivity contribution in [3.05, 3.63) is 16.7 Å². The van der Waals surface area contributed by atoms with E-state index in [1.54, 1.807) is 7.05 Å². The highest BCUT2D eigenvalue weighted by Gasteiger charge is 2.09. The first-order chi connectivity index (χ1) is 6.65. The Balaban J connectivity index is 2.93. The maximum atomic E-state index is 11.3. The smallest absolute Gasteiger partial charge is 0.313 e. The number of nitrogens with one attached hydrogen (secondary N) is 2. The number of rotatable bonds is 4. The Morgan fingerprint density at radius 3 is 3.07 bits per heavy atom. The molecule has 0 aliphatic carbocycles. The lowest BCUT2D eigenvalue weighted by Gasteiger charge is -2.03. The molecule has 0 aromatic carbocycles. The Labute approximate surface area is 83.8 Å². The Bertz CT molecular complexity index is 390. The highest BCUT2D eigenvalue weighted by molar-refractivity contribution is 8.00. The Morgan fingerprint density at radius 1 is 1.79 bits per heavy atom. The van der Waals surface area contributed by atoms with Gasteiger partial charge >= 0.3 is 5.97 Å². The third-order valence-electron chi connectivity index (χ3n) is 1.39. The van der Waals surface area contributed by atoms with Crippen LogP contribution in [0.4, 0.5) is 5.82 Å².